The molecule has 0 atom stereocenters. The number of anilines is 2. The molecule has 1 amide bonds. The summed E-state index contributed by atoms with van der Waals surface area (Å²) in [6.45, 7) is 8.37. The molecule has 4 heterocycles. The maximum Gasteiger partial charge on any atom is 0.410 e. The number of nitrogens with zero attached hydrogens (tertiary/aromatic N) is 5. The van der Waals surface area contributed by atoms with Crippen molar-refractivity contribution in [3.05, 3.63) is 66.3 Å². The van der Waals surface area contributed by atoms with Gasteiger partial charge in [0.05, 0.1) is 17.6 Å². The topological polar surface area (TPSA) is 99.3 Å². The van der Waals surface area contributed by atoms with E-state index in [0.29, 0.717) is 60.7 Å². The molecule has 1 saturated heterocycles. The van der Waals surface area contributed by atoms with Crippen LogP contribution in [0.1, 0.15) is 26.5 Å². The molecule has 5 rings (SSSR count). The van der Waals surface area contributed by atoms with Gasteiger partial charge >= 0.3 is 6.09 Å². The lowest BCUT2D eigenvalue weighted by molar-refractivity contribution is 0.0240. The number of H-pyrrole nitrogens is 1. The van der Waals surface area contributed by atoms with Crippen LogP contribution in [-0.4, -0.2) is 62.7 Å². The fraction of sp³-hybridized carbons (Fsp3) is 0.333. The van der Waals surface area contributed by atoms with Gasteiger partial charge in [-0.25, -0.2) is 28.5 Å². The first-order valence-corrected chi connectivity index (χ1v) is 12.4. The molecule has 1 aliphatic rings. The van der Waals surface area contributed by atoms with Gasteiger partial charge in [-0.3, -0.25) is 0 Å². The largest absolute Gasteiger partial charge is 0.444 e. The van der Waals surface area contributed by atoms with Gasteiger partial charge in [-0.15, -0.1) is 0 Å². The van der Waals surface area contributed by atoms with Gasteiger partial charge < -0.3 is 24.8 Å². The van der Waals surface area contributed by atoms with E-state index >= 15 is 0 Å². The first-order chi connectivity index (χ1) is 18.2. The molecule has 0 bridgehead atoms. The molecule has 0 radical (unpaired) electrons. The number of benzene rings is 1. The van der Waals surface area contributed by atoms with Gasteiger partial charge in [0.1, 0.15) is 29.2 Å². The van der Waals surface area contributed by atoms with E-state index < -0.39 is 17.2 Å². The van der Waals surface area contributed by atoms with Crippen LogP contribution in [0.3, 0.4) is 0 Å². The minimum absolute atomic E-state index is 0.299. The molecule has 1 aromatic carbocycles. The van der Waals surface area contributed by atoms with Gasteiger partial charge in [0.15, 0.2) is 11.6 Å². The van der Waals surface area contributed by atoms with Crippen molar-refractivity contribution in [2.75, 3.05) is 36.4 Å². The number of hydrogen-bond acceptors (Lipinski definition) is 7. The van der Waals surface area contributed by atoms with E-state index in [-0.39, 0.29) is 6.09 Å². The van der Waals surface area contributed by atoms with Crippen LogP contribution in [0.4, 0.5) is 25.2 Å². The lowest BCUT2D eigenvalue weighted by Crippen LogP contribution is -2.50. The number of aromatic nitrogens is 4. The zero-order chi connectivity index (χ0) is 26.9. The Morgan fingerprint density at radius 3 is 2.61 bits per heavy atom. The maximum absolute atomic E-state index is 13.9. The summed E-state index contributed by atoms with van der Waals surface area (Å²) >= 11 is 0. The third kappa shape index (κ3) is 5.51. The highest BCUT2D eigenvalue weighted by molar-refractivity contribution is 6.00. The molecule has 38 heavy (non-hydrogen) atoms. The van der Waals surface area contributed by atoms with Crippen molar-refractivity contribution in [1.29, 1.82) is 0 Å². The second-order valence-electron chi connectivity index (χ2n) is 10.1. The third-order valence-electron chi connectivity index (χ3n) is 6.18. The fourth-order valence-corrected chi connectivity index (χ4v) is 4.35. The number of pyridine rings is 1. The van der Waals surface area contributed by atoms with E-state index in [2.05, 4.69) is 25.2 Å². The molecular formula is C27H29F2N7O2. The first kappa shape index (κ1) is 25.4. The molecule has 0 saturated carbocycles. The van der Waals surface area contributed by atoms with Gasteiger partial charge in [-0.1, -0.05) is 12.1 Å². The van der Waals surface area contributed by atoms with Crippen molar-refractivity contribution in [1.82, 2.24) is 24.8 Å². The highest BCUT2D eigenvalue weighted by Gasteiger charge is 2.26. The van der Waals surface area contributed by atoms with Crippen molar-refractivity contribution in [2.24, 2.45) is 0 Å². The maximum atomic E-state index is 13.9. The highest BCUT2D eigenvalue weighted by Crippen LogP contribution is 2.32. The van der Waals surface area contributed by atoms with E-state index in [1.807, 2.05) is 39.0 Å². The second kappa shape index (κ2) is 10.2. The third-order valence-corrected chi connectivity index (χ3v) is 6.18. The molecule has 0 aliphatic carbocycles. The quantitative estimate of drug-likeness (QED) is 0.383. The Morgan fingerprint density at radius 1 is 1.08 bits per heavy atom. The Kier molecular flexibility index (Phi) is 6.83. The Labute approximate surface area is 218 Å². The van der Waals surface area contributed by atoms with Crippen LogP contribution < -0.4 is 10.2 Å². The number of carbonyl (C=O) groups is 1. The number of amides is 1. The normalized spacial score (nSPS) is 14.1. The molecule has 0 spiro atoms. The molecule has 2 N–H and O–H groups in total. The Balaban J connectivity index is 1.28. The highest BCUT2D eigenvalue weighted by atomic mass is 19.2. The smallest absolute Gasteiger partial charge is 0.410 e. The van der Waals surface area contributed by atoms with Crippen LogP contribution >= 0.6 is 0 Å². The fourth-order valence-electron chi connectivity index (χ4n) is 4.35. The van der Waals surface area contributed by atoms with Gasteiger partial charge in [0, 0.05) is 37.9 Å². The number of carbonyl (C=O) groups excluding carboxylic acids is 1. The molecule has 3 aromatic heterocycles. The number of ether oxygens (including phenoxy) is 1. The molecule has 11 heteroatoms. The van der Waals surface area contributed by atoms with E-state index in [1.54, 1.807) is 11.1 Å². The number of rotatable bonds is 5. The average Bonchev–Trinajstić information content (AvgIpc) is 3.33. The Morgan fingerprint density at radius 2 is 1.87 bits per heavy atom. The summed E-state index contributed by atoms with van der Waals surface area (Å²) in [5.41, 5.74) is 2.02. The van der Waals surface area contributed by atoms with Crippen LogP contribution in [0.15, 0.2) is 48.9 Å². The van der Waals surface area contributed by atoms with Gasteiger partial charge in [0.2, 0.25) is 0 Å². The molecule has 1 fully saturated rings. The predicted molar refractivity (Wildman–Crippen MR) is 141 cm³/mol. The SMILES string of the molecule is CC(C)(C)OC(=O)N1CCN(c2cccc(CNc3ncnc4[nH]cc(-c5ccc(F)c(F)c5)c34)n2)CC1. The lowest BCUT2D eigenvalue weighted by atomic mass is 10.1. The number of fused-ring (bicyclic) bond motifs is 1. The monoisotopic (exact) mass is 521 g/mol. The summed E-state index contributed by atoms with van der Waals surface area (Å²) in [6, 6.07) is 9.58. The van der Waals surface area contributed by atoms with E-state index in [9.17, 15) is 13.6 Å². The number of nitrogens with one attached hydrogen (secondary N) is 2. The summed E-state index contributed by atoms with van der Waals surface area (Å²) < 4.78 is 32.8. The summed E-state index contributed by atoms with van der Waals surface area (Å²) in [6.07, 6.45) is 2.84. The van der Waals surface area contributed by atoms with Crippen molar-refractivity contribution in [2.45, 2.75) is 32.9 Å². The average molecular weight is 522 g/mol. The zero-order valence-corrected chi connectivity index (χ0v) is 21.5. The van der Waals surface area contributed by atoms with Gasteiger partial charge in [-0.2, -0.15) is 0 Å². The molecule has 1 aliphatic heterocycles. The molecule has 4 aromatic rings. The van der Waals surface area contributed by atoms with E-state index in [1.165, 1.54) is 12.4 Å². The lowest BCUT2D eigenvalue weighted by Gasteiger charge is -2.36. The van der Waals surface area contributed by atoms with Crippen molar-refractivity contribution in [3.63, 3.8) is 0 Å². The molecule has 0 unspecified atom stereocenters. The van der Waals surface area contributed by atoms with Crippen LogP contribution in [0.5, 0.6) is 0 Å². The van der Waals surface area contributed by atoms with Crippen LogP contribution in [0.2, 0.25) is 0 Å². The van der Waals surface area contributed by atoms with Crippen LogP contribution in [0.25, 0.3) is 22.2 Å². The van der Waals surface area contributed by atoms with Crippen molar-refractivity contribution < 1.29 is 18.3 Å². The summed E-state index contributed by atoms with van der Waals surface area (Å²) in [5.74, 6) is -0.448. The van der Waals surface area contributed by atoms with Gasteiger partial charge in [-0.05, 0) is 50.6 Å². The number of hydrogen-bond donors (Lipinski definition) is 2. The Hall–Kier alpha value is -4.28. The predicted octanol–water partition coefficient (Wildman–Crippen LogP) is 4.97. The van der Waals surface area contributed by atoms with Crippen LogP contribution in [0, 0.1) is 11.6 Å². The first-order valence-electron chi connectivity index (χ1n) is 12.4. The van der Waals surface area contributed by atoms with E-state index in [0.717, 1.165) is 23.6 Å². The molecule has 9 nitrogen and oxygen atoms in total. The van der Waals surface area contributed by atoms with Crippen LogP contribution in [-0.2, 0) is 11.3 Å². The molecular weight excluding hydrogens is 492 g/mol. The minimum Gasteiger partial charge on any atom is -0.444 e. The second-order valence-corrected chi connectivity index (χ2v) is 10.1. The van der Waals surface area contributed by atoms with Gasteiger partial charge in [0.25, 0.3) is 0 Å². The number of piperazine rings is 1. The summed E-state index contributed by atoms with van der Waals surface area (Å²) in [5, 5.41) is 3.98. The van der Waals surface area contributed by atoms with Crippen molar-refractivity contribution in [3.8, 4) is 11.1 Å². The summed E-state index contributed by atoms with van der Waals surface area (Å²) in [4.78, 5) is 32.7. The minimum atomic E-state index is -0.920. The molecule has 198 valence electrons. The Bertz CT molecular complexity index is 1460. The number of halogens is 2. The number of aromatic amines is 1. The standard InChI is InChI=1S/C27H29F2N7O2/c1-27(2,3)38-26(37)36-11-9-35(10-12-36)22-6-4-5-18(34-22)14-30-24-23-19(15-31-25(23)33-16-32-24)17-7-8-20(28)21(29)13-17/h4-8,13,15-16H,9-12,14H2,1-3H3,(H2,30,31,32,33). The zero-order valence-electron chi connectivity index (χ0n) is 21.5. The summed E-state index contributed by atoms with van der Waals surface area (Å²) in [7, 11) is 0. The van der Waals surface area contributed by atoms with Crippen molar-refractivity contribution >= 4 is 28.8 Å². The van der Waals surface area contributed by atoms with E-state index in [4.69, 9.17) is 9.72 Å².